The Hall–Kier alpha value is -1.89. The van der Waals surface area contributed by atoms with Gasteiger partial charge in [0.25, 0.3) is 5.91 Å². The summed E-state index contributed by atoms with van der Waals surface area (Å²) in [6.07, 6.45) is 1.82. The van der Waals surface area contributed by atoms with Gasteiger partial charge >= 0.3 is 5.97 Å². The van der Waals surface area contributed by atoms with E-state index in [1.54, 1.807) is 24.0 Å². The first-order chi connectivity index (χ1) is 8.56. The lowest BCUT2D eigenvalue weighted by Crippen LogP contribution is -2.33. The van der Waals surface area contributed by atoms with E-state index in [9.17, 15) is 9.59 Å². The van der Waals surface area contributed by atoms with E-state index in [-0.39, 0.29) is 12.0 Å². The lowest BCUT2D eigenvalue weighted by atomic mass is 10.2. The van der Waals surface area contributed by atoms with Gasteiger partial charge in [0.15, 0.2) is 6.10 Å². The fourth-order valence-corrected chi connectivity index (χ4v) is 1.87. The smallest absolute Gasteiger partial charge is 0.332 e. The Morgan fingerprint density at radius 3 is 2.94 bits per heavy atom. The molecule has 98 valence electrons. The van der Waals surface area contributed by atoms with Gasteiger partial charge in [-0.1, -0.05) is 0 Å². The van der Waals surface area contributed by atoms with Crippen molar-refractivity contribution < 1.29 is 19.4 Å². The number of carboxylic acid groups (broad SMARTS) is 1. The topological polar surface area (TPSA) is 93.5 Å². The van der Waals surface area contributed by atoms with Crippen LogP contribution in [0.3, 0.4) is 0 Å². The van der Waals surface area contributed by atoms with Crippen LogP contribution in [-0.2, 0) is 16.6 Å². The Kier molecular flexibility index (Phi) is 3.61. The highest BCUT2D eigenvalue weighted by molar-refractivity contribution is 5.92. The van der Waals surface area contributed by atoms with Gasteiger partial charge in [-0.25, -0.2) is 4.79 Å². The van der Waals surface area contributed by atoms with Gasteiger partial charge in [0, 0.05) is 19.8 Å². The number of nitrogens with zero attached hydrogens (tertiary/aromatic N) is 2. The van der Waals surface area contributed by atoms with E-state index in [1.165, 1.54) is 0 Å². The molecular formula is C11H15N3O4. The van der Waals surface area contributed by atoms with E-state index < -0.39 is 12.1 Å². The molecule has 0 radical (unpaired) electrons. The molecule has 2 rings (SSSR count). The number of aryl methyl sites for hydroxylation is 1. The molecule has 2 atom stereocenters. The third-order valence-electron chi connectivity index (χ3n) is 2.82. The molecule has 18 heavy (non-hydrogen) atoms. The van der Waals surface area contributed by atoms with E-state index in [0.29, 0.717) is 25.1 Å². The van der Waals surface area contributed by atoms with E-state index in [4.69, 9.17) is 9.84 Å². The second kappa shape index (κ2) is 5.18. The normalized spacial score (nSPS) is 22.9. The number of hydrogen-bond donors (Lipinski definition) is 2. The van der Waals surface area contributed by atoms with E-state index in [2.05, 4.69) is 10.4 Å². The first-order valence-corrected chi connectivity index (χ1v) is 5.72. The Labute approximate surface area is 104 Å². The average Bonchev–Trinajstić information content (AvgIpc) is 2.94. The number of amides is 1. The van der Waals surface area contributed by atoms with Crippen LogP contribution >= 0.6 is 0 Å². The molecule has 1 amide bonds. The van der Waals surface area contributed by atoms with Crippen LogP contribution in [0.4, 0.5) is 0 Å². The summed E-state index contributed by atoms with van der Waals surface area (Å²) in [5.74, 6) is -1.23. The summed E-state index contributed by atoms with van der Waals surface area (Å²) in [4.78, 5) is 22.4. The Morgan fingerprint density at radius 1 is 1.61 bits per heavy atom. The monoisotopic (exact) mass is 253 g/mol. The van der Waals surface area contributed by atoms with Crippen molar-refractivity contribution in [3.8, 4) is 0 Å². The maximum atomic E-state index is 11.7. The number of rotatable bonds is 4. The van der Waals surface area contributed by atoms with E-state index in [0.717, 1.165) is 0 Å². The van der Waals surface area contributed by atoms with Gasteiger partial charge in [0.2, 0.25) is 0 Å². The van der Waals surface area contributed by atoms with Crippen molar-refractivity contribution in [2.75, 3.05) is 6.54 Å². The highest BCUT2D eigenvalue weighted by Gasteiger charge is 2.30. The van der Waals surface area contributed by atoms with Crippen molar-refractivity contribution in [3.63, 3.8) is 0 Å². The summed E-state index contributed by atoms with van der Waals surface area (Å²) >= 11 is 0. The second-order valence-corrected chi connectivity index (χ2v) is 4.25. The van der Waals surface area contributed by atoms with Crippen LogP contribution in [0.5, 0.6) is 0 Å². The molecule has 1 aromatic heterocycles. The molecule has 1 fully saturated rings. The first-order valence-electron chi connectivity index (χ1n) is 5.72. The van der Waals surface area contributed by atoms with E-state index in [1.807, 2.05) is 0 Å². The van der Waals surface area contributed by atoms with Gasteiger partial charge < -0.3 is 15.2 Å². The molecule has 0 saturated carbocycles. The van der Waals surface area contributed by atoms with Gasteiger partial charge in [-0.05, 0) is 18.9 Å². The predicted octanol–water partition coefficient (Wildman–Crippen LogP) is -0.218. The molecule has 1 aliphatic rings. The molecule has 2 unspecified atom stereocenters. The quantitative estimate of drug-likeness (QED) is 0.774. The van der Waals surface area contributed by atoms with Crippen molar-refractivity contribution in [2.45, 2.75) is 25.0 Å². The molecule has 1 saturated heterocycles. The summed E-state index contributed by atoms with van der Waals surface area (Å²) in [6, 6.07) is 1.62. The lowest BCUT2D eigenvalue weighted by Gasteiger charge is -2.11. The average molecular weight is 253 g/mol. The second-order valence-electron chi connectivity index (χ2n) is 4.25. The van der Waals surface area contributed by atoms with Gasteiger partial charge in [-0.15, -0.1) is 0 Å². The zero-order chi connectivity index (χ0) is 13.1. The van der Waals surface area contributed by atoms with Crippen LogP contribution in [0.15, 0.2) is 12.3 Å². The highest BCUT2D eigenvalue weighted by atomic mass is 16.5. The van der Waals surface area contributed by atoms with Gasteiger partial charge in [0.1, 0.15) is 5.69 Å². The van der Waals surface area contributed by atoms with Crippen molar-refractivity contribution in [2.24, 2.45) is 7.05 Å². The molecule has 0 aliphatic carbocycles. The number of nitrogens with one attached hydrogen (secondary N) is 1. The molecule has 2 N–H and O–H groups in total. The first kappa shape index (κ1) is 12.6. The van der Waals surface area contributed by atoms with Gasteiger partial charge in [-0.2, -0.15) is 5.10 Å². The summed E-state index contributed by atoms with van der Waals surface area (Å²) < 4.78 is 6.82. The van der Waals surface area contributed by atoms with Crippen LogP contribution in [0, 0.1) is 0 Å². The number of hydrogen-bond acceptors (Lipinski definition) is 4. The standard InChI is InChI=1S/C11H15N3O4/c1-14-5-4-8(13-14)10(15)12-6-7-2-3-9(18-7)11(16)17/h4-5,7,9H,2-3,6H2,1H3,(H,12,15)(H,16,17). The predicted molar refractivity (Wildman–Crippen MR) is 61.1 cm³/mol. The Bertz CT molecular complexity index is 457. The zero-order valence-electron chi connectivity index (χ0n) is 10.00. The lowest BCUT2D eigenvalue weighted by molar-refractivity contribution is -0.149. The van der Waals surface area contributed by atoms with Crippen LogP contribution in [0.2, 0.25) is 0 Å². The fourth-order valence-electron chi connectivity index (χ4n) is 1.87. The minimum atomic E-state index is -0.950. The maximum absolute atomic E-state index is 11.7. The summed E-state index contributed by atoms with van der Waals surface area (Å²) in [7, 11) is 1.73. The van der Waals surface area contributed by atoms with E-state index >= 15 is 0 Å². The summed E-state index contributed by atoms with van der Waals surface area (Å²) in [5, 5.41) is 15.4. The molecular weight excluding hydrogens is 238 g/mol. The van der Waals surface area contributed by atoms with Crippen LogP contribution < -0.4 is 5.32 Å². The number of ether oxygens (including phenoxy) is 1. The minimum absolute atomic E-state index is 0.237. The maximum Gasteiger partial charge on any atom is 0.332 e. The number of aromatic nitrogens is 2. The zero-order valence-corrected chi connectivity index (χ0v) is 10.00. The molecule has 7 nitrogen and oxygen atoms in total. The third-order valence-corrected chi connectivity index (χ3v) is 2.82. The Morgan fingerprint density at radius 2 is 2.39 bits per heavy atom. The summed E-state index contributed by atoms with van der Waals surface area (Å²) in [5.41, 5.74) is 0.338. The number of aliphatic carboxylic acids is 1. The third kappa shape index (κ3) is 2.86. The minimum Gasteiger partial charge on any atom is -0.479 e. The molecule has 1 aromatic rings. The number of carboxylic acids is 1. The van der Waals surface area contributed by atoms with Crippen LogP contribution in [-0.4, -0.2) is 45.5 Å². The number of carbonyl (C=O) groups is 2. The molecule has 0 aromatic carbocycles. The van der Waals surface area contributed by atoms with Crippen molar-refractivity contribution >= 4 is 11.9 Å². The van der Waals surface area contributed by atoms with Crippen molar-refractivity contribution in [1.82, 2.24) is 15.1 Å². The van der Waals surface area contributed by atoms with Gasteiger partial charge in [-0.3, -0.25) is 9.48 Å². The molecule has 2 heterocycles. The highest BCUT2D eigenvalue weighted by Crippen LogP contribution is 2.19. The van der Waals surface area contributed by atoms with Crippen molar-refractivity contribution in [1.29, 1.82) is 0 Å². The number of carbonyl (C=O) groups excluding carboxylic acids is 1. The molecule has 0 bridgehead atoms. The fraction of sp³-hybridized carbons (Fsp3) is 0.545. The molecule has 7 heteroatoms. The van der Waals surface area contributed by atoms with Crippen LogP contribution in [0.1, 0.15) is 23.3 Å². The van der Waals surface area contributed by atoms with Crippen LogP contribution in [0.25, 0.3) is 0 Å². The van der Waals surface area contributed by atoms with Gasteiger partial charge in [0.05, 0.1) is 6.10 Å². The summed E-state index contributed by atoms with van der Waals surface area (Å²) in [6.45, 7) is 0.305. The largest absolute Gasteiger partial charge is 0.479 e. The SMILES string of the molecule is Cn1ccc(C(=O)NCC2CCC(C(=O)O)O2)n1. The Balaban J connectivity index is 1.79. The van der Waals surface area contributed by atoms with Crippen molar-refractivity contribution in [3.05, 3.63) is 18.0 Å². The molecule has 1 aliphatic heterocycles. The molecule has 0 spiro atoms.